The van der Waals surface area contributed by atoms with Gasteiger partial charge in [-0.15, -0.1) is 11.3 Å². The number of alkyl halides is 3. The summed E-state index contributed by atoms with van der Waals surface area (Å²) in [6.45, 7) is 1.24. The smallest absolute Gasteiger partial charge is 0.405 e. The lowest BCUT2D eigenvalue weighted by Gasteiger charge is -2.24. The number of nitrogens with one attached hydrogen (secondary N) is 2. The number of sulfonamides is 1. The highest BCUT2D eigenvalue weighted by Crippen LogP contribution is 2.37. The van der Waals surface area contributed by atoms with Crippen LogP contribution in [-0.4, -0.2) is 38.2 Å². The van der Waals surface area contributed by atoms with Crippen LogP contribution in [0.15, 0.2) is 88.3 Å². The molecule has 196 valence electrons. The highest BCUT2D eigenvalue weighted by atomic mass is 32.2. The first-order chi connectivity index (χ1) is 18.2. The molecule has 38 heavy (non-hydrogen) atoms. The molecular weight excluding hydrogens is 535 g/mol. The van der Waals surface area contributed by atoms with Gasteiger partial charge >= 0.3 is 6.18 Å². The summed E-state index contributed by atoms with van der Waals surface area (Å²) < 4.78 is 69.3. The lowest BCUT2D eigenvalue weighted by Crippen LogP contribution is -2.46. The van der Waals surface area contributed by atoms with Crippen LogP contribution in [0.4, 0.5) is 18.3 Å². The lowest BCUT2D eigenvalue weighted by atomic mass is 9.91. The predicted octanol–water partition coefficient (Wildman–Crippen LogP) is 5.02. The summed E-state index contributed by atoms with van der Waals surface area (Å²) in [4.78, 5) is 8.64. The van der Waals surface area contributed by atoms with Gasteiger partial charge in [0.2, 0.25) is 0 Å². The van der Waals surface area contributed by atoms with Gasteiger partial charge in [0.25, 0.3) is 10.0 Å². The van der Waals surface area contributed by atoms with Crippen LogP contribution in [0.1, 0.15) is 11.1 Å². The van der Waals surface area contributed by atoms with Crippen molar-refractivity contribution in [2.24, 2.45) is 10.7 Å². The topological polar surface area (TPSA) is 109 Å². The largest absolute Gasteiger partial charge is 0.416 e. The maximum absolute atomic E-state index is 13.7. The lowest BCUT2D eigenvalue weighted by molar-refractivity contribution is -0.137. The van der Waals surface area contributed by atoms with Crippen molar-refractivity contribution in [3.63, 3.8) is 0 Å². The number of nitrogens with zero attached hydrogens (tertiary/aromatic N) is 2. The van der Waals surface area contributed by atoms with E-state index in [-0.39, 0.29) is 21.6 Å². The third kappa shape index (κ3) is 5.28. The number of thiazole rings is 1. The minimum absolute atomic E-state index is 0.0378. The first-order valence-corrected chi connectivity index (χ1v) is 13.9. The van der Waals surface area contributed by atoms with Gasteiger partial charge in [-0.3, -0.25) is 9.71 Å². The number of fused-ring (bicyclic) bond motifs is 1. The van der Waals surface area contributed by atoms with E-state index in [9.17, 15) is 21.6 Å². The van der Waals surface area contributed by atoms with Gasteiger partial charge in [0.05, 0.1) is 22.2 Å². The number of benzene rings is 3. The Bertz CT molecular complexity index is 1650. The second kappa shape index (κ2) is 10.2. The third-order valence-electron chi connectivity index (χ3n) is 6.06. The Morgan fingerprint density at radius 2 is 1.95 bits per heavy atom. The maximum Gasteiger partial charge on any atom is 0.416 e. The molecule has 7 nitrogen and oxygen atoms in total. The van der Waals surface area contributed by atoms with Crippen molar-refractivity contribution >= 4 is 43.0 Å². The molecule has 0 bridgehead atoms. The van der Waals surface area contributed by atoms with Crippen molar-refractivity contribution in [1.82, 2.24) is 10.3 Å². The van der Waals surface area contributed by atoms with Crippen molar-refractivity contribution in [2.45, 2.75) is 17.1 Å². The molecule has 0 saturated carbocycles. The fourth-order valence-electron chi connectivity index (χ4n) is 4.13. The average Bonchev–Trinajstić information content (AvgIpc) is 3.36. The van der Waals surface area contributed by atoms with Crippen LogP contribution >= 0.6 is 11.3 Å². The summed E-state index contributed by atoms with van der Waals surface area (Å²) >= 11 is 1.16. The summed E-state index contributed by atoms with van der Waals surface area (Å²) in [7, 11) is -3.89. The average molecular weight is 558 g/mol. The van der Waals surface area contributed by atoms with Gasteiger partial charge in [-0.1, -0.05) is 30.3 Å². The van der Waals surface area contributed by atoms with Gasteiger partial charge in [0, 0.05) is 30.2 Å². The van der Waals surface area contributed by atoms with Crippen LogP contribution < -0.4 is 15.8 Å². The standard InChI is InChI=1S/C26H22F3N5O2S2/c27-26(28,29)17-4-6-22(23(13-17)24(8-9-30)33-18-14-31-15-18)21-3-1-2-16-12-19(5-7-20(16)21)38(35,36)34-25-32-10-11-37-25/h1-13,18,31H,14-15,30H2,(H,32,34). The summed E-state index contributed by atoms with van der Waals surface area (Å²) in [5.74, 6) is 0. The molecular formula is C26H22F3N5O2S2. The fourth-order valence-corrected chi connectivity index (χ4v) is 5.96. The van der Waals surface area contributed by atoms with Crippen molar-refractivity contribution in [3.05, 3.63) is 89.6 Å². The summed E-state index contributed by atoms with van der Waals surface area (Å²) in [6.07, 6.45) is -0.299. The zero-order chi connectivity index (χ0) is 26.9. The SMILES string of the molecule is NC=CC(=NC1CNC1)c1cc(C(F)(F)F)ccc1-c1cccc2cc(S(=O)(=O)Nc3nccs3)ccc12. The number of aliphatic imine (C=N–C) groups is 1. The van der Waals surface area contributed by atoms with Crippen LogP contribution in [0.25, 0.3) is 21.9 Å². The molecule has 4 aromatic rings. The van der Waals surface area contributed by atoms with E-state index in [4.69, 9.17) is 5.73 Å². The molecule has 0 amide bonds. The number of aromatic nitrogens is 1. The molecule has 0 aliphatic carbocycles. The number of rotatable bonds is 7. The molecule has 2 heterocycles. The van der Waals surface area contributed by atoms with Gasteiger partial charge in [-0.25, -0.2) is 13.4 Å². The summed E-state index contributed by atoms with van der Waals surface area (Å²) in [5.41, 5.74) is 6.61. The minimum atomic E-state index is -4.55. The third-order valence-corrected chi connectivity index (χ3v) is 8.22. The molecule has 0 atom stereocenters. The number of nitrogens with two attached hydrogens (primary N) is 1. The van der Waals surface area contributed by atoms with E-state index in [1.807, 2.05) is 0 Å². The monoisotopic (exact) mass is 557 g/mol. The number of halogens is 3. The Balaban J connectivity index is 1.65. The Kier molecular flexibility index (Phi) is 6.95. The molecule has 1 aliphatic heterocycles. The zero-order valence-corrected chi connectivity index (χ0v) is 21.4. The number of anilines is 1. The summed E-state index contributed by atoms with van der Waals surface area (Å²) in [5, 5.41) is 6.27. The van der Waals surface area contributed by atoms with Crippen LogP contribution in [-0.2, 0) is 16.2 Å². The van der Waals surface area contributed by atoms with Crippen LogP contribution in [0.3, 0.4) is 0 Å². The van der Waals surface area contributed by atoms with E-state index in [1.165, 1.54) is 36.7 Å². The molecule has 1 fully saturated rings. The molecule has 1 aliphatic rings. The minimum Gasteiger partial charge on any atom is -0.405 e. The van der Waals surface area contributed by atoms with E-state index < -0.39 is 21.8 Å². The molecule has 0 radical (unpaired) electrons. The van der Waals surface area contributed by atoms with E-state index in [0.717, 1.165) is 23.5 Å². The summed E-state index contributed by atoms with van der Waals surface area (Å²) in [6, 6.07) is 13.3. The first-order valence-electron chi connectivity index (χ1n) is 11.5. The molecule has 1 aromatic heterocycles. The second-order valence-electron chi connectivity index (χ2n) is 8.57. The van der Waals surface area contributed by atoms with Gasteiger partial charge in [-0.2, -0.15) is 13.2 Å². The second-order valence-corrected chi connectivity index (χ2v) is 11.2. The van der Waals surface area contributed by atoms with E-state index >= 15 is 0 Å². The van der Waals surface area contributed by atoms with Gasteiger partial charge in [0.15, 0.2) is 5.13 Å². The molecule has 12 heteroatoms. The van der Waals surface area contributed by atoms with Gasteiger partial charge in [-0.05, 0) is 58.4 Å². The predicted molar refractivity (Wildman–Crippen MR) is 144 cm³/mol. The van der Waals surface area contributed by atoms with Crippen LogP contribution in [0.2, 0.25) is 0 Å². The zero-order valence-electron chi connectivity index (χ0n) is 19.7. The Morgan fingerprint density at radius 1 is 1.13 bits per heavy atom. The maximum atomic E-state index is 13.7. The van der Waals surface area contributed by atoms with E-state index in [1.54, 1.807) is 29.6 Å². The van der Waals surface area contributed by atoms with Crippen molar-refractivity contribution < 1.29 is 21.6 Å². The fraction of sp³-hybridized carbons (Fsp3) is 0.154. The van der Waals surface area contributed by atoms with Crippen molar-refractivity contribution in [3.8, 4) is 11.1 Å². The van der Waals surface area contributed by atoms with E-state index in [0.29, 0.717) is 40.7 Å². The van der Waals surface area contributed by atoms with Gasteiger partial charge in [0.1, 0.15) is 0 Å². The molecule has 0 spiro atoms. The number of hydrogen-bond acceptors (Lipinski definition) is 7. The molecule has 0 unspecified atom stereocenters. The highest BCUT2D eigenvalue weighted by Gasteiger charge is 2.32. The van der Waals surface area contributed by atoms with Crippen LogP contribution in [0, 0.1) is 0 Å². The number of hydrogen-bond donors (Lipinski definition) is 3. The Hall–Kier alpha value is -3.74. The van der Waals surface area contributed by atoms with Gasteiger partial charge < -0.3 is 11.1 Å². The first kappa shape index (κ1) is 25.9. The Labute approximate surface area is 221 Å². The quantitative estimate of drug-likeness (QED) is 0.277. The molecule has 4 N–H and O–H groups in total. The molecule has 5 rings (SSSR count). The normalized spacial score (nSPS) is 15.2. The molecule has 3 aromatic carbocycles. The number of allylic oxidation sites excluding steroid dienone is 1. The van der Waals surface area contributed by atoms with E-state index in [2.05, 4.69) is 20.0 Å². The highest BCUT2D eigenvalue weighted by molar-refractivity contribution is 7.93. The van der Waals surface area contributed by atoms with Crippen molar-refractivity contribution in [2.75, 3.05) is 17.8 Å². The molecule has 1 saturated heterocycles. The Morgan fingerprint density at radius 3 is 2.61 bits per heavy atom. The van der Waals surface area contributed by atoms with Crippen molar-refractivity contribution in [1.29, 1.82) is 0 Å². The van der Waals surface area contributed by atoms with Crippen LogP contribution in [0.5, 0.6) is 0 Å².